The van der Waals surface area contributed by atoms with Crippen LogP contribution < -0.4 is 5.32 Å². The summed E-state index contributed by atoms with van der Waals surface area (Å²) in [5, 5.41) is 3.59. The summed E-state index contributed by atoms with van der Waals surface area (Å²) in [4.78, 5) is 14.0. The topological polar surface area (TPSA) is 41.6 Å². The average molecular weight is 282 g/mol. The molecule has 0 aromatic heterocycles. The van der Waals surface area contributed by atoms with Crippen LogP contribution in [0, 0.1) is 5.41 Å². The SMILES string of the molecule is CC1(C)CCCC(NCCC(=O)N2CCOCC2)CC1. The van der Waals surface area contributed by atoms with Crippen LogP contribution in [0.15, 0.2) is 0 Å². The second-order valence-corrected chi connectivity index (χ2v) is 6.99. The number of carbonyl (C=O) groups excluding carboxylic acids is 1. The van der Waals surface area contributed by atoms with E-state index < -0.39 is 0 Å². The molecule has 1 aliphatic heterocycles. The van der Waals surface area contributed by atoms with Gasteiger partial charge in [0.25, 0.3) is 0 Å². The van der Waals surface area contributed by atoms with Gasteiger partial charge in [-0.25, -0.2) is 0 Å². The molecule has 1 atom stereocenters. The molecule has 0 spiro atoms. The summed E-state index contributed by atoms with van der Waals surface area (Å²) in [5.41, 5.74) is 0.500. The molecule has 20 heavy (non-hydrogen) atoms. The minimum Gasteiger partial charge on any atom is -0.378 e. The smallest absolute Gasteiger partial charge is 0.224 e. The van der Waals surface area contributed by atoms with Crippen molar-refractivity contribution in [1.29, 1.82) is 0 Å². The Labute approximate surface area is 123 Å². The first-order valence-electron chi connectivity index (χ1n) is 8.16. The van der Waals surface area contributed by atoms with Gasteiger partial charge < -0.3 is 15.0 Å². The van der Waals surface area contributed by atoms with Crippen molar-refractivity contribution in [2.75, 3.05) is 32.8 Å². The third-order valence-electron chi connectivity index (χ3n) is 4.71. The van der Waals surface area contributed by atoms with Gasteiger partial charge in [0.15, 0.2) is 0 Å². The van der Waals surface area contributed by atoms with Crippen LogP contribution in [0.4, 0.5) is 0 Å². The molecule has 1 saturated carbocycles. The molecule has 1 heterocycles. The molecule has 1 saturated heterocycles. The molecule has 1 aliphatic carbocycles. The zero-order valence-corrected chi connectivity index (χ0v) is 13.1. The predicted molar refractivity (Wildman–Crippen MR) is 80.7 cm³/mol. The number of nitrogens with zero attached hydrogens (tertiary/aromatic N) is 1. The fourth-order valence-corrected chi connectivity index (χ4v) is 3.22. The summed E-state index contributed by atoms with van der Waals surface area (Å²) in [6.45, 7) is 8.47. The molecule has 116 valence electrons. The van der Waals surface area contributed by atoms with Crippen molar-refractivity contribution in [2.45, 2.75) is 58.4 Å². The van der Waals surface area contributed by atoms with E-state index in [0.717, 1.165) is 19.6 Å². The molecule has 2 fully saturated rings. The van der Waals surface area contributed by atoms with Crippen molar-refractivity contribution >= 4 is 5.91 Å². The molecule has 4 heteroatoms. The van der Waals surface area contributed by atoms with E-state index in [9.17, 15) is 4.79 Å². The first-order chi connectivity index (χ1) is 9.57. The van der Waals surface area contributed by atoms with Gasteiger partial charge in [-0.1, -0.05) is 20.3 Å². The summed E-state index contributed by atoms with van der Waals surface area (Å²) >= 11 is 0. The van der Waals surface area contributed by atoms with Crippen molar-refractivity contribution in [3.8, 4) is 0 Å². The Morgan fingerprint density at radius 1 is 1.25 bits per heavy atom. The van der Waals surface area contributed by atoms with Gasteiger partial charge in [-0.3, -0.25) is 4.79 Å². The Morgan fingerprint density at radius 3 is 2.75 bits per heavy atom. The largest absolute Gasteiger partial charge is 0.378 e. The standard InChI is InChI=1S/C16H30N2O2/c1-16(2)7-3-4-14(5-8-16)17-9-6-15(19)18-10-12-20-13-11-18/h14,17H,3-13H2,1-2H3. The first kappa shape index (κ1) is 15.8. The van der Waals surface area contributed by atoms with Gasteiger partial charge in [0.2, 0.25) is 5.91 Å². The maximum absolute atomic E-state index is 12.0. The number of amides is 1. The lowest BCUT2D eigenvalue weighted by molar-refractivity contribution is -0.135. The highest BCUT2D eigenvalue weighted by Gasteiger charge is 2.24. The Balaban J connectivity index is 1.63. The predicted octanol–water partition coefficient (Wildman–Crippen LogP) is 2.18. The first-order valence-corrected chi connectivity index (χ1v) is 8.16. The van der Waals surface area contributed by atoms with Crippen molar-refractivity contribution in [3.63, 3.8) is 0 Å². The third-order valence-corrected chi connectivity index (χ3v) is 4.71. The molecular weight excluding hydrogens is 252 g/mol. The van der Waals surface area contributed by atoms with Crippen LogP contribution in [0.3, 0.4) is 0 Å². The molecule has 4 nitrogen and oxygen atoms in total. The van der Waals surface area contributed by atoms with Crippen molar-refractivity contribution in [2.24, 2.45) is 5.41 Å². The lowest BCUT2D eigenvalue weighted by atomic mass is 9.85. The number of morpholine rings is 1. The van der Waals surface area contributed by atoms with Crippen LogP contribution >= 0.6 is 0 Å². The molecule has 1 amide bonds. The van der Waals surface area contributed by atoms with E-state index in [1.54, 1.807) is 0 Å². The zero-order valence-electron chi connectivity index (χ0n) is 13.1. The Hall–Kier alpha value is -0.610. The van der Waals surface area contributed by atoms with E-state index in [1.807, 2.05) is 4.90 Å². The van der Waals surface area contributed by atoms with Crippen LogP contribution in [-0.4, -0.2) is 49.7 Å². The molecule has 1 unspecified atom stereocenters. The number of hydrogen-bond donors (Lipinski definition) is 1. The van der Waals surface area contributed by atoms with Crippen LogP contribution in [0.1, 0.15) is 52.4 Å². The average Bonchev–Trinajstić information content (AvgIpc) is 2.61. The van der Waals surface area contributed by atoms with Gasteiger partial charge in [0, 0.05) is 32.1 Å². The normalized spacial score (nSPS) is 27.1. The third kappa shape index (κ3) is 5.06. The van der Waals surface area contributed by atoms with E-state index in [1.165, 1.54) is 32.1 Å². The highest BCUT2D eigenvalue weighted by atomic mass is 16.5. The van der Waals surface area contributed by atoms with Crippen LogP contribution in [0.2, 0.25) is 0 Å². The van der Waals surface area contributed by atoms with Crippen LogP contribution in [-0.2, 0) is 9.53 Å². The molecule has 2 rings (SSSR count). The lowest BCUT2D eigenvalue weighted by Crippen LogP contribution is -2.42. The minimum atomic E-state index is 0.273. The van der Waals surface area contributed by atoms with Gasteiger partial charge in [-0.05, 0) is 31.1 Å². The van der Waals surface area contributed by atoms with Crippen molar-refractivity contribution in [1.82, 2.24) is 10.2 Å². The van der Waals surface area contributed by atoms with Crippen LogP contribution in [0.25, 0.3) is 0 Å². The molecule has 0 aromatic carbocycles. The monoisotopic (exact) mass is 282 g/mol. The second kappa shape index (κ2) is 7.41. The van der Waals surface area contributed by atoms with Gasteiger partial charge in [0.1, 0.15) is 0 Å². The number of nitrogens with one attached hydrogen (secondary N) is 1. The van der Waals surface area contributed by atoms with E-state index in [-0.39, 0.29) is 5.91 Å². The Morgan fingerprint density at radius 2 is 2.00 bits per heavy atom. The fourth-order valence-electron chi connectivity index (χ4n) is 3.22. The number of rotatable bonds is 4. The number of carbonyl (C=O) groups is 1. The zero-order chi connectivity index (χ0) is 14.4. The summed E-state index contributed by atoms with van der Waals surface area (Å²) in [6.07, 6.45) is 7.07. The Kier molecular flexibility index (Phi) is 5.85. The molecular formula is C16H30N2O2. The summed E-state index contributed by atoms with van der Waals surface area (Å²) in [6, 6.07) is 0.606. The molecule has 0 aromatic rings. The fraction of sp³-hybridized carbons (Fsp3) is 0.938. The maximum atomic E-state index is 12.0. The van der Waals surface area contributed by atoms with E-state index >= 15 is 0 Å². The highest BCUT2D eigenvalue weighted by Crippen LogP contribution is 2.33. The Bertz CT molecular complexity index is 312. The number of hydrogen-bond acceptors (Lipinski definition) is 3. The van der Waals surface area contributed by atoms with E-state index in [4.69, 9.17) is 4.74 Å². The number of ether oxygens (including phenoxy) is 1. The van der Waals surface area contributed by atoms with Gasteiger partial charge in [-0.15, -0.1) is 0 Å². The lowest BCUT2D eigenvalue weighted by Gasteiger charge is -2.27. The van der Waals surface area contributed by atoms with Gasteiger partial charge in [0.05, 0.1) is 13.2 Å². The molecule has 0 radical (unpaired) electrons. The van der Waals surface area contributed by atoms with Crippen molar-refractivity contribution < 1.29 is 9.53 Å². The summed E-state index contributed by atoms with van der Waals surface area (Å²) in [5.74, 6) is 0.273. The maximum Gasteiger partial charge on any atom is 0.224 e. The molecule has 0 bridgehead atoms. The minimum absolute atomic E-state index is 0.273. The summed E-state index contributed by atoms with van der Waals surface area (Å²) in [7, 11) is 0. The van der Waals surface area contributed by atoms with Crippen molar-refractivity contribution in [3.05, 3.63) is 0 Å². The quantitative estimate of drug-likeness (QED) is 0.804. The van der Waals surface area contributed by atoms with Crippen LogP contribution in [0.5, 0.6) is 0 Å². The second-order valence-electron chi connectivity index (χ2n) is 6.99. The highest BCUT2D eigenvalue weighted by molar-refractivity contribution is 5.76. The van der Waals surface area contributed by atoms with E-state index in [2.05, 4.69) is 19.2 Å². The summed E-state index contributed by atoms with van der Waals surface area (Å²) < 4.78 is 5.27. The molecule has 1 N–H and O–H groups in total. The van der Waals surface area contributed by atoms with E-state index in [0.29, 0.717) is 31.1 Å². The van der Waals surface area contributed by atoms with Gasteiger partial charge >= 0.3 is 0 Å². The molecule has 2 aliphatic rings. The van der Waals surface area contributed by atoms with Gasteiger partial charge in [-0.2, -0.15) is 0 Å².